The van der Waals surface area contributed by atoms with Crippen LogP contribution in [0.2, 0.25) is 0 Å². The molecule has 0 aromatic carbocycles. The SMILES string of the molecule is O=C([S])c1ccco1. The number of furan rings is 1. The first-order valence-electron chi connectivity index (χ1n) is 2.05. The highest BCUT2D eigenvalue weighted by Gasteiger charge is 2.00. The number of hydrogen-bond donors (Lipinski definition) is 0. The van der Waals surface area contributed by atoms with Crippen LogP contribution in [0.15, 0.2) is 22.8 Å². The van der Waals surface area contributed by atoms with E-state index in [2.05, 4.69) is 17.0 Å². The molecule has 0 saturated carbocycles. The van der Waals surface area contributed by atoms with Crippen molar-refractivity contribution in [2.45, 2.75) is 0 Å². The Bertz CT molecular complexity index is 178. The summed E-state index contributed by atoms with van der Waals surface area (Å²) in [6.45, 7) is 0. The molecular formula is C5H3O2S. The van der Waals surface area contributed by atoms with E-state index < -0.39 is 5.12 Å². The summed E-state index contributed by atoms with van der Waals surface area (Å²) in [5.74, 6) is 0.236. The van der Waals surface area contributed by atoms with Crippen molar-refractivity contribution in [2.75, 3.05) is 0 Å². The molecule has 0 bridgehead atoms. The maximum Gasteiger partial charge on any atom is 0.284 e. The van der Waals surface area contributed by atoms with Crippen molar-refractivity contribution in [2.24, 2.45) is 0 Å². The van der Waals surface area contributed by atoms with Crippen LogP contribution < -0.4 is 0 Å². The van der Waals surface area contributed by atoms with Crippen LogP contribution in [-0.2, 0) is 0 Å². The summed E-state index contributed by atoms with van der Waals surface area (Å²) in [4.78, 5) is 10.2. The molecule has 1 heterocycles. The van der Waals surface area contributed by atoms with Gasteiger partial charge in [-0.05, 0) is 24.8 Å². The van der Waals surface area contributed by atoms with Crippen molar-refractivity contribution in [3.05, 3.63) is 24.2 Å². The third-order valence-corrected chi connectivity index (χ3v) is 0.924. The highest BCUT2D eigenvalue weighted by atomic mass is 32.1. The normalized spacial score (nSPS) is 9.00. The monoisotopic (exact) mass is 127 g/mol. The van der Waals surface area contributed by atoms with Crippen molar-refractivity contribution < 1.29 is 9.21 Å². The van der Waals surface area contributed by atoms with Crippen LogP contribution in [0.4, 0.5) is 0 Å². The Morgan fingerprint density at radius 2 is 2.50 bits per heavy atom. The fraction of sp³-hybridized carbons (Fsp3) is 0. The Hall–Kier alpha value is -0.830. The van der Waals surface area contributed by atoms with E-state index in [9.17, 15) is 4.79 Å². The molecule has 0 unspecified atom stereocenters. The molecule has 1 aromatic rings. The molecule has 0 fully saturated rings. The third kappa shape index (κ3) is 0.869. The molecule has 0 saturated heterocycles. The van der Waals surface area contributed by atoms with Crippen molar-refractivity contribution in [1.29, 1.82) is 0 Å². The van der Waals surface area contributed by atoms with Crippen LogP contribution in [0.5, 0.6) is 0 Å². The highest BCUT2D eigenvalue weighted by molar-refractivity contribution is 7.97. The lowest BCUT2D eigenvalue weighted by molar-refractivity contribution is 0.106. The molecule has 41 valence electrons. The Morgan fingerprint density at radius 1 is 1.75 bits per heavy atom. The summed E-state index contributed by atoms with van der Waals surface area (Å²) in [5, 5.41) is -0.449. The zero-order chi connectivity index (χ0) is 5.98. The van der Waals surface area contributed by atoms with Crippen molar-refractivity contribution in [3.8, 4) is 0 Å². The minimum atomic E-state index is -0.449. The Kier molecular flexibility index (Phi) is 1.30. The zero-order valence-corrected chi connectivity index (χ0v) is 4.77. The van der Waals surface area contributed by atoms with Gasteiger partial charge in [-0.3, -0.25) is 4.79 Å². The number of rotatable bonds is 1. The first-order chi connectivity index (χ1) is 3.80. The molecule has 0 aliphatic heterocycles. The molecule has 8 heavy (non-hydrogen) atoms. The topological polar surface area (TPSA) is 30.2 Å². The molecule has 1 aromatic heterocycles. The number of carbonyl (C=O) groups is 1. The van der Waals surface area contributed by atoms with Gasteiger partial charge in [0.2, 0.25) is 0 Å². The number of carbonyl (C=O) groups excluding carboxylic acids is 1. The lowest BCUT2D eigenvalue weighted by atomic mass is 10.5. The van der Waals surface area contributed by atoms with Gasteiger partial charge in [0, 0.05) is 0 Å². The van der Waals surface area contributed by atoms with Gasteiger partial charge in [-0.1, -0.05) is 0 Å². The maximum absolute atomic E-state index is 10.2. The van der Waals surface area contributed by atoms with Gasteiger partial charge in [0.1, 0.15) is 0 Å². The molecule has 3 heteroatoms. The van der Waals surface area contributed by atoms with Gasteiger partial charge in [0.15, 0.2) is 5.76 Å². The fourth-order valence-electron chi connectivity index (χ4n) is 0.395. The predicted octanol–water partition coefficient (Wildman–Crippen LogP) is 1.62. The Morgan fingerprint density at radius 3 is 2.75 bits per heavy atom. The van der Waals surface area contributed by atoms with Crippen LogP contribution >= 0.6 is 12.6 Å². The first-order valence-corrected chi connectivity index (χ1v) is 2.46. The summed E-state index contributed by atoms with van der Waals surface area (Å²) in [6, 6.07) is 3.16. The summed E-state index contributed by atoms with van der Waals surface area (Å²) in [7, 11) is 0. The first kappa shape index (κ1) is 5.31. The van der Waals surface area contributed by atoms with E-state index in [0.29, 0.717) is 0 Å². The lowest BCUT2D eigenvalue weighted by Crippen LogP contribution is -1.80. The summed E-state index contributed by atoms with van der Waals surface area (Å²) in [5.41, 5.74) is 0. The molecule has 0 aliphatic carbocycles. The van der Waals surface area contributed by atoms with E-state index in [4.69, 9.17) is 0 Å². The van der Waals surface area contributed by atoms with Crippen molar-refractivity contribution in [3.63, 3.8) is 0 Å². The predicted molar refractivity (Wildman–Crippen MR) is 30.6 cm³/mol. The minimum absolute atomic E-state index is 0.236. The lowest BCUT2D eigenvalue weighted by Gasteiger charge is -1.77. The van der Waals surface area contributed by atoms with Gasteiger partial charge in [-0.15, -0.1) is 0 Å². The van der Waals surface area contributed by atoms with Crippen LogP contribution in [0, 0.1) is 0 Å². The van der Waals surface area contributed by atoms with Gasteiger partial charge in [0.05, 0.1) is 6.26 Å². The quantitative estimate of drug-likeness (QED) is 0.573. The van der Waals surface area contributed by atoms with E-state index in [1.165, 1.54) is 12.3 Å². The van der Waals surface area contributed by atoms with Gasteiger partial charge >= 0.3 is 0 Å². The van der Waals surface area contributed by atoms with Gasteiger partial charge in [-0.25, -0.2) is 0 Å². The zero-order valence-electron chi connectivity index (χ0n) is 3.96. The summed E-state index contributed by atoms with van der Waals surface area (Å²) < 4.78 is 4.64. The molecule has 0 atom stereocenters. The smallest absolute Gasteiger partial charge is 0.284 e. The van der Waals surface area contributed by atoms with E-state index >= 15 is 0 Å². The van der Waals surface area contributed by atoms with Gasteiger partial charge in [-0.2, -0.15) is 0 Å². The standard InChI is InChI=1S/C5H3O2S/c6-5(8)4-2-1-3-7-4/h1-3H. The van der Waals surface area contributed by atoms with E-state index in [-0.39, 0.29) is 5.76 Å². The van der Waals surface area contributed by atoms with Crippen LogP contribution in [-0.4, -0.2) is 5.12 Å². The average molecular weight is 127 g/mol. The van der Waals surface area contributed by atoms with Crippen molar-refractivity contribution in [1.82, 2.24) is 0 Å². The largest absolute Gasteiger partial charge is 0.460 e. The van der Waals surface area contributed by atoms with E-state index in [1.807, 2.05) is 0 Å². The summed E-state index contributed by atoms with van der Waals surface area (Å²) in [6.07, 6.45) is 1.42. The molecule has 2 nitrogen and oxygen atoms in total. The third-order valence-electron chi connectivity index (χ3n) is 0.722. The molecular weight excluding hydrogens is 124 g/mol. The fourth-order valence-corrected chi connectivity index (χ4v) is 0.511. The van der Waals surface area contributed by atoms with Crippen LogP contribution in [0.25, 0.3) is 0 Å². The van der Waals surface area contributed by atoms with E-state index in [0.717, 1.165) is 0 Å². The highest BCUT2D eigenvalue weighted by Crippen LogP contribution is 2.02. The van der Waals surface area contributed by atoms with E-state index in [1.54, 1.807) is 6.07 Å². The second-order valence-electron chi connectivity index (χ2n) is 1.26. The Labute approximate surface area is 51.9 Å². The minimum Gasteiger partial charge on any atom is -0.460 e. The number of hydrogen-bond acceptors (Lipinski definition) is 2. The second-order valence-corrected chi connectivity index (χ2v) is 1.64. The molecule has 0 aliphatic rings. The van der Waals surface area contributed by atoms with Gasteiger partial charge < -0.3 is 4.42 Å². The van der Waals surface area contributed by atoms with Crippen molar-refractivity contribution >= 4 is 17.7 Å². The van der Waals surface area contributed by atoms with Gasteiger partial charge in [0.25, 0.3) is 5.12 Å². The maximum atomic E-state index is 10.2. The Balaban J connectivity index is 2.93. The molecule has 1 rings (SSSR count). The van der Waals surface area contributed by atoms with Crippen LogP contribution in [0.1, 0.15) is 10.6 Å². The second kappa shape index (κ2) is 1.96. The molecule has 0 amide bonds. The average Bonchev–Trinajstić information content (AvgIpc) is 2.12. The summed E-state index contributed by atoms with van der Waals surface area (Å²) >= 11 is 4.27. The molecule has 0 N–H and O–H groups in total. The molecule has 0 spiro atoms. The molecule has 1 radical (unpaired) electrons. The van der Waals surface area contributed by atoms with Crippen LogP contribution in [0.3, 0.4) is 0 Å².